The van der Waals surface area contributed by atoms with E-state index in [1.54, 1.807) is 19.1 Å². The van der Waals surface area contributed by atoms with Gasteiger partial charge in [0.05, 0.1) is 12.3 Å². The zero-order chi connectivity index (χ0) is 13.7. The van der Waals surface area contributed by atoms with Gasteiger partial charge < -0.3 is 4.74 Å². The van der Waals surface area contributed by atoms with Gasteiger partial charge in [-0.1, -0.05) is 0 Å². The van der Waals surface area contributed by atoms with Crippen LogP contribution in [0.4, 0.5) is 5.69 Å². The number of hydrogen-bond donors (Lipinski definition) is 0. The normalized spacial score (nSPS) is 10.7. The van der Waals surface area contributed by atoms with Gasteiger partial charge in [0.15, 0.2) is 5.69 Å². The Hall–Kier alpha value is -1.00. The summed E-state index contributed by atoms with van der Waals surface area (Å²) in [6, 6.07) is 3.37. The highest BCUT2D eigenvalue weighted by molar-refractivity contribution is 9.10. The van der Waals surface area contributed by atoms with Crippen LogP contribution in [0.5, 0.6) is 0 Å². The SMILES string of the molecule is CCOC(=O)c1nc(Br)ccc1N(PC)C(C)=O. The molecule has 0 spiro atoms. The second-order valence-electron chi connectivity index (χ2n) is 3.30. The van der Waals surface area contributed by atoms with E-state index in [2.05, 4.69) is 20.9 Å². The molecule has 1 unspecified atom stereocenters. The molecule has 1 aromatic rings. The molecule has 0 fully saturated rings. The fourth-order valence-electron chi connectivity index (χ4n) is 1.41. The van der Waals surface area contributed by atoms with Gasteiger partial charge in [0.25, 0.3) is 0 Å². The van der Waals surface area contributed by atoms with Crippen molar-refractivity contribution in [3.05, 3.63) is 22.4 Å². The Bertz CT molecular complexity index is 468. The smallest absolute Gasteiger partial charge is 0.359 e. The number of carbonyl (C=O) groups excluding carboxylic acids is 2. The molecular formula is C11H14BrN2O3P. The number of esters is 1. The van der Waals surface area contributed by atoms with Gasteiger partial charge in [0.1, 0.15) is 4.60 Å². The third-order valence-electron chi connectivity index (χ3n) is 2.09. The molecule has 0 aromatic carbocycles. The first-order chi connectivity index (χ1) is 8.51. The van der Waals surface area contributed by atoms with Crippen LogP contribution in [0.1, 0.15) is 24.3 Å². The largest absolute Gasteiger partial charge is 0.461 e. The minimum Gasteiger partial charge on any atom is -0.461 e. The van der Waals surface area contributed by atoms with E-state index in [9.17, 15) is 9.59 Å². The van der Waals surface area contributed by atoms with E-state index in [-0.39, 0.29) is 26.9 Å². The number of amides is 1. The van der Waals surface area contributed by atoms with Crippen molar-refractivity contribution in [1.29, 1.82) is 0 Å². The predicted octanol–water partition coefficient (Wildman–Crippen LogP) is 2.60. The second kappa shape index (κ2) is 6.81. The Morgan fingerprint density at radius 2 is 2.17 bits per heavy atom. The predicted molar refractivity (Wildman–Crippen MR) is 75.3 cm³/mol. The van der Waals surface area contributed by atoms with Gasteiger partial charge in [-0.3, -0.25) is 9.46 Å². The van der Waals surface area contributed by atoms with Crippen molar-refractivity contribution < 1.29 is 14.3 Å². The number of carbonyl (C=O) groups is 2. The average Bonchev–Trinajstić information content (AvgIpc) is 2.31. The molecule has 1 rings (SSSR count). The molecule has 1 atom stereocenters. The van der Waals surface area contributed by atoms with Crippen LogP contribution < -0.4 is 4.67 Å². The molecule has 0 saturated heterocycles. The Balaban J connectivity index is 3.25. The number of hydrogen-bond acceptors (Lipinski definition) is 4. The summed E-state index contributed by atoms with van der Waals surface area (Å²) in [5.41, 5.74) is 0.626. The van der Waals surface area contributed by atoms with Gasteiger partial charge in [-0.15, -0.1) is 0 Å². The van der Waals surface area contributed by atoms with Crippen LogP contribution in [0.25, 0.3) is 0 Å². The molecule has 0 N–H and O–H groups in total. The molecule has 18 heavy (non-hydrogen) atoms. The fraction of sp³-hybridized carbons (Fsp3) is 0.364. The number of nitrogens with zero attached hydrogens (tertiary/aromatic N) is 2. The van der Waals surface area contributed by atoms with Crippen LogP contribution in [-0.2, 0) is 9.53 Å². The Morgan fingerprint density at radius 1 is 1.50 bits per heavy atom. The van der Waals surface area contributed by atoms with Crippen LogP contribution in [0.2, 0.25) is 0 Å². The molecule has 0 saturated carbocycles. The lowest BCUT2D eigenvalue weighted by molar-refractivity contribution is -0.115. The highest BCUT2D eigenvalue weighted by Gasteiger charge is 2.21. The summed E-state index contributed by atoms with van der Waals surface area (Å²) in [4.78, 5) is 27.5. The summed E-state index contributed by atoms with van der Waals surface area (Å²) >= 11 is 3.20. The number of ether oxygens (including phenoxy) is 1. The van der Waals surface area contributed by atoms with Crippen molar-refractivity contribution in [1.82, 2.24) is 4.98 Å². The van der Waals surface area contributed by atoms with Crippen LogP contribution >= 0.6 is 24.7 Å². The summed E-state index contributed by atoms with van der Waals surface area (Å²) in [5.74, 6) is -0.663. The molecule has 7 heteroatoms. The highest BCUT2D eigenvalue weighted by Crippen LogP contribution is 2.29. The first-order valence-electron chi connectivity index (χ1n) is 5.33. The van der Waals surface area contributed by atoms with E-state index < -0.39 is 5.97 Å². The third kappa shape index (κ3) is 3.50. The van der Waals surface area contributed by atoms with E-state index in [1.807, 2.05) is 6.66 Å². The molecular weight excluding hydrogens is 319 g/mol. The summed E-state index contributed by atoms with van der Waals surface area (Å²) in [6.07, 6.45) is 0. The van der Waals surface area contributed by atoms with E-state index in [0.29, 0.717) is 10.3 Å². The molecule has 0 aliphatic carbocycles. The fourth-order valence-corrected chi connectivity index (χ4v) is 2.45. The maximum absolute atomic E-state index is 11.8. The van der Waals surface area contributed by atoms with E-state index >= 15 is 0 Å². The molecule has 0 aliphatic heterocycles. The first kappa shape index (κ1) is 15.1. The van der Waals surface area contributed by atoms with Crippen molar-refractivity contribution in [3.63, 3.8) is 0 Å². The maximum Gasteiger partial charge on any atom is 0.359 e. The Morgan fingerprint density at radius 3 is 2.67 bits per heavy atom. The van der Waals surface area contributed by atoms with Crippen LogP contribution in [0, 0.1) is 0 Å². The average molecular weight is 333 g/mol. The lowest BCUT2D eigenvalue weighted by Crippen LogP contribution is -2.22. The number of rotatable bonds is 4. The summed E-state index contributed by atoms with van der Waals surface area (Å²) in [5, 5.41) is 0. The number of pyridine rings is 1. The van der Waals surface area contributed by atoms with Gasteiger partial charge in [0.2, 0.25) is 5.91 Å². The lowest BCUT2D eigenvalue weighted by atomic mass is 10.3. The maximum atomic E-state index is 11.8. The quantitative estimate of drug-likeness (QED) is 0.483. The summed E-state index contributed by atoms with van der Waals surface area (Å²) in [6.45, 7) is 5.30. The number of aromatic nitrogens is 1. The van der Waals surface area contributed by atoms with Crippen LogP contribution in [0.3, 0.4) is 0 Å². The van der Waals surface area contributed by atoms with Gasteiger partial charge in [-0.25, -0.2) is 9.78 Å². The molecule has 0 aliphatic rings. The van der Waals surface area contributed by atoms with Crippen molar-refractivity contribution in [3.8, 4) is 0 Å². The monoisotopic (exact) mass is 332 g/mol. The van der Waals surface area contributed by atoms with Crippen molar-refractivity contribution >= 4 is 42.2 Å². The van der Waals surface area contributed by atoms with Crippen molar-refractivity contribution in [2.24, 2.45) is 0 Å². The molecule has 0 radical (unpaired) electrons. The van der Waals surface area contributed by atoms with E-state index in [0.717, 1.165) is 0 Å². The van der Waals surface area contributed by atoms with Crippen LogP contribution in [-0.4, -0.2) is 30.1 Å². The van der Waals surface area contributed by atoms with Gasteiger partial charge in [-0.05, 0) is 50.4 Å². The molecule has 5 nitrogen and oxygen atoms in total. The standard InChI is InChI=1S/C11H14BrN2O3P/c1-4-17-11(16)10-8(5-6-9(12)13-10)14(18-3)7(2)15/h5-6,18H,4H2,1-3H3. The third-order valence-corrected chi connectivity index (χ3v) is 3.53. The minimum atomic E-state index is -0.529. The molecule has 98 valence electrons. The second-order valence-corrected chi connectivity index (χ2v) is 5.01. The minimum absolute atomic E-state index is 0.134. The lowest BCUT2D eigenvalue weighted by Gasteiger charge is -2.20. The molecule has 1 aromatic heterocycles. The van der Waals surface area contributed by atoms with Gasteiger partial charge in [0, 0.05) is 6.92 Å². The van der Waals surface area contributed by atoms with Gasteiger partial charge >= 0.3 is 5.97 Å². The first-order valence-corrected chi connectivity index (χ1v) is 7.57. The topological polar surface area (TPSA) is 59.5 Å². The summed E-state index contributed by atoms with van der Waals surface area (Å²) < 4.78 is 6.97. The van der Waals surface area contributed by atoms with Crippen LogP contribution in [0.15, 0.2) is 16.7 Å². The van der Waals surface area contributed by atoms with E-state index in [4.69, 9.17) is 4.74 Å². The van der Waals surface area contributed by atoms with Crippen molar-refractivity contribution in [2.75, 3.05) is 17.9 Å². The summed E-state index contributed by atoms with van der Waals surface area (Å²) in [7, 11) is 0.215. The van der Waals surface area contributed by atoms with Gasteiger partial charge in [-0.2, -0.15) is 0 Å². The zero-order valence-electron chi connectivity index (χ0n) is 10.4. The zero-order valence-corrected chi connectivity index (χ0v) is 12.9. The van der Waals surface area contributed by atoms with Crippen molar-refractivity contribution in [2.45, 2.75) is 13.8 Å². The Kier molecular flexibility index (Phi) is 5.69. The molecule has 1 heterocycles. The highest BCUT2D eigenvalue weighted by atomic mass is 79.9. The Labute approximate surface area is 116 Å². The number of halogens is 1. The molecule has 1 amide bonds. The molecule has 0 bridgehead atoms. The number of anilines is 1. The van der Waals surface area contributed by atoms with E-state index in [1.165, 1.54) is 11.6 Å².